The number of nitrogens with one attached hydrogen (secondary N) is 1. The standard InChI is InChI=1S/C11H21N3O/c1-12-5-2-6-13-7-8-14(10-3-4-10)11(15)9-13/h10,12H,2-9H2,1H3. The van der Waals surface area contributed by atoms with Crippen LogP contribution in [0.5, 0.6) is 0 Å². The second-order valence-electron chi connectivity index (χ2n) is 4.55. The van der Waals surface area contributed by atoms with Crippen molar-refractivity contribution in [2.45, 2.75) is 25.3 Å². The summed E-state index contributed by atoms with van der Waals surface area (Å²) in [5, 5.41) is 3.13. The van der Waals surface area contributed by atoms with Crippen LogP contribution in [0.2, 0.25) is 0 Å². The average molecular weight is 211 g/mol. The molecule has 4 heteroatoms. The quantitative estimate of drug-likeness (QED) is 0.645. The topological polar surface area (TPSA) is 35.6 Å². The summed E-state index contributed by atoms with van der Waals surface area (Å²) in [6.45, 7) is 4.73. The van der Waals surface area contributed by atoms with E-state index < -0.39 is 0 Å². The number of carbonyl (C=O) groups is 1. The van der Waals surface area contributed by atoms with Crippen molar-refractivity contribution in [3.8, 4) is 0 Å². The molecule has 0 aromatic carbocycles. The molecule has 86 valence electrons. The van der Waals surface area contributed by atoms with Gasteiger partial charge in [-0.1, -0.05) is 0 Å². The van der Waals surface area contributed by atoms with Gasteiger partial charge in [0.1, 0.15) is 0 Å². The first-order valence-electron chi connectivity index (χ1n) is 5.97. The zero-order valence-corrected chi connectivity index (χ0v) is 9.54. The van der Waals surface area contributed by atoms with Crippen LogP contribution < -0.4 is 5.32 Å². The van der Waals surface area contributed by atoms with Gasteiger partial charge in [-0.3, -0.25) is 9.69 Å². The lowest BCUT2D eigenvalue weighted by Gasteiger charge is -2.34. The summed E-state index contributed by atoms with van der Waals surface area (Å²) in [6, 6.07) is 0.594. The molecule has 0 aromatic heterocycles. The summed E-state index contributed by atoms with van der Waals surface area (Å²) in [5.41, 5.74) is 0. The first-order valence-corrected chi connectivity index (χ1v) is 5.97. The summed E-state index contributed by atoms with van der Waals surface area (Å²) in [7, 11) is 1.97. The minimum absolute atomic E-state index is 0.341. The van der Waals surface area contributed by atoms with E-state index in [1.807, 2.05) is 7.05 Å². The van der Waals surface area contributed by atoms with Gasteiger partial charge in [0.25, 0.3) is 0 Å². The Hall–Kier alpha value is -0.610. The second-order valence-corrected chi connectivity index (χ2v) is 4.55. The highest BCUT2D eigenvalue weighted by Gasteiger charge is 2.35. The molecule has 0 aromatic rings. The Labute approximate surface area is 91.6 Å². The smallest absolute Gasteiger partial charge is 0.237 e. The highest BCUT2D eigenvalue weighted by Crippen LogP contribution is 2.27. The van der Waals surface area contributed by atoms with Crippen LogP contribution in [0.1, 0.15) is 19.3 Å². The fourth-order valence-corrected chi connectivity index (χ4v) is 2.18. The van der Waals surface area contributed by atoms with Gasteiger partial charge in [0.2, 0.25) is 5.91 Å². The molecule has 2 fully saturated rings. The molecule has 1 saturated heterocycles. The number of hydrogen-bond acceptors (Lipinski definition) is 3. The van der Waals surface area contributed by atoms with Crippen molar-refractivity contribution < 1.29 is 4.79 Å². The fourth-order valence-electron chi connectivity index (χ4n) is 2.18. The van der Waals surface area contributed by atoms with Crippen molar-refractivity contribution in [3.63, 3.8) is 0 Å². The molecule has 1 aliphatic heterocycles. The number of carbonyl (C=O) groups excluding carboxylic acids is 1. The lowest BCUT2D eigenvalue weighted by molar-refractivity contribution is -0.136. The van der Waals surface area contributed by atoms with Crippen LogP contribution in [0, 0.1) is 0 Å². The molecule has 2 rings (SSSR count). The predicted octanol–water partition coefficient (Wildman–Crippen LogP) is -0.0975. The summed E-state index contributed by atoms with van der Waals surface area (Å²) in [6.07, 6.45) is 3.59. The maximum atomic E-state index is 11.8. The molecule has 2 aliphatic rings. The highest BCUT2D eigenvalue weighted by atomic mass is 16.2. The Morgan fingerprint density at radius 1 is 1.40 bits per heavy atom. The van der Waals surface area contributed by atoms with Crippen LogP contribution in [0.4, 0.5) is 0 Å². The first-order chi connectivity index (χ1) is 7.31. The Morgan fingerprint density at radius 2 is 2.20 bits per heavy atom. The zero-order valence-electron chi connectivity index (χ0n) is 9.54. The molecule has 1 amide bonds. The van der Waals surface area contributed by atoms with Gasteiger partial charge in [-0.2, -0.15) is 0 Å². The van der Waals surface area contributed by atoms with Crippen molar-refractivity contribution in [3.05, 3.63) is 0 Å². The van der Waals surface area contributed by atoms with E-state index in [4.69, 9.17) is 0 Å². The molecule has 0 radical (unpaired) electrons. The molecule has 0 atom stereocenters. The Kier molecular flexibility index (Phi) is 3.59. The fraction of sp³-hybridized carbons (Fsp3) is 0.909. The van der Waals surface area contributed by atoms with Gasteiger partial charge in [-0.15, -0.1) is 0 Å². The highest BCUT2D eigenvalue weighted by molar-refractivity contribution is 5.79. The number of amides is 1. The lowest BCUT2D eigenvalue weighted by atomic mass is 10.2. The average Bonchev–Trinajstić information content (AvgIpc) is 3.02. The maximum absolute atomic E-state index is 11.8. The molecule has 1 saturated carbocycles. The third-order valence-corrected chi connectivity index (χ3v) is 3.23. The van der Waals surface area contributed by atoms with Crippen molar-refractivity contribution in [1.82, 2.24) is 15.1 Å². The SMILES string of the molecule is CNCCCN1CCN(C2CC2)C(=O)C1. The number of piperazine rings is 1. The predicted molar refractivity (Wildman–Crippen MR) is 59.7 cm³/mol. The number of rotatable bonds is 5. The molecule has 1 N–H and O–H groups in total. The van der Waals surface area contributed by atoms with E-state index in [1.54, 1.807) is 0 Å². The third-order valence-electron chi connectivity index (χ3n) is 3.23. The normalized spacial score (nSPS) is 23.5. The minimum atomic E-state index is 0.341. The van der Waals surface area contributed by atoms with Gasteiger partial charge in [0.15, 0.2) is 0 Å². The van der Waals surface area contributed by atoms with E-state index in [1.165, 1.54) is 12.8 Å². The van der Waals surface area contributed by atoms with Gasteiger partial charge in [-0.25, -0.2) is 0 Å². The lowest BCUT2D eigenvalue weighted by Crippen LogP contribution is -2.51. The zero-order chi connectivity index (χ0) is 10.7. The van der Waals surface area contributed by atoms with Gasteiger partial charge >= 0.3 is 0 Å². The molecule has 0 bridgehead atoms. The molecular weight excluding hydrogens is 190 g/mol. The molecule has 0 unspecified atom stereocenters. The summed E-state index contributed by atoms with van der Waals surface area (Å²) in [5.74, 6) is 0.341. The van der Waals surface area contributed by atoms with E-state index in [9.17, 15) is 4.79 Å². The van der Waals surface area contributed by atoms with Crippen molar-refractivity contribution in [2.24, 2.45) is 0 Å². The van der Waals surface area contributed by atoms with Crippen LogP contribution in [-0.2, 0) is 4.79 Å². The van der Waals surface area contributed by atoms with Crippen LogP contribution in [0.3, 0.4) is 0 Å². The molecule has 1 heterocycles. The van der Waals surface area contributed by atoms with Crippen molar-refractivity contribution in [1.29, 1.82) is 0 Å². The van der Waals surface area contributed by atoms with Gasteiger partial charge in [0, 0.05) is 19.1 Å². The van der Waals surface area contributed by atoms with E-state index in [2.05, 4.69) is 15.1 Å². The summed E-state index contributed by atoms with van der Waals surface area (Å²) >= 11 is 0. The number of nitrogens with zero attached hydrogens (tertiary/aromatic N) is 2. The molecule has 4 nitrogen and oxygen atoms in total. The van der Waals surface area contributed by atoms with Crippen molar-refractivity contribution >= 4 is 5.91 Å². The Bertz CT molecular complexity index is 228. The molecule has 15 heavy (non-hydrogen) atoms. The van der Waals surface area contributed by atoms with Crippen LogP contribution in [0.15, 0.2) is 0 Å². The summed E-state index contributed by atoms with van der Waals surface area (Å²) < 4.78 is 0. The Morgan fingerprint density at radius 3 is 2.80 bits per heavy atom. The van der Waals surface area contributed by atoms with Gasteiger partial charge < -0.3 is 10.2 Å². The molecular formula is C11H21N3O. The minimum Gasteiger partial charge on any atom is -0.337 e. The first kappa shape index (κ1) is 10.9. The van der Waals surface area contributed by atoms with E-state index in [-0.39, 0.29) is 0 Å². The van der Waals surface area contributed by atoms with Crippen LogP contribution in [0.25, 0.3) is 0 Å². The monoisotopic (exact) mass is 211 g/mol. The number of hydrogen-bond donors (Lipinski definition) is 1. The van der Waals surface area contributed by atoms with Crippen LogP contribution >= 0.6 is 0 Å². The third kappa shape index (κ3) is 2.92. The molecule has 1 aliphatic carbocycles. The van der Waals surface area contributed by atoms with E-state index >= 15 is 0 Å². The second kappa shape index (κ2) is 4.94. The van der Waals surface area contributed by atoms with Crippen LogP contribution in [-0.4, -0.2) is 61.5 Å². The van der Waals surface area contributed by atoms with E-state index in [0.29, 0.717) is 18.5 Å². The van der Waals surface area contributed by atoms with Crippen molar-refractivity contribution in [2.75, 3.05) is 39.8 Å². The largest absolute Gasteiger partial charge is 0.337 e. The molecule has 0 spiro atoms. The van der Waals surface area contributed by atoms with Gasteiger partial charge in [0.05, 0.1) is 6.54 Å². The summed E-state index contributed by atoms with van der Waals surface area (Å²) in [4.78, 5) is 16.1. The van der Waals surface area contributed by atoms with Gasteiger partial charge in [-0.05, 0) is 39.4 Å². The maximum Gasteiger partial charge on any atom is 0.237 e. The van der Waals surface area contributed by atoms with E-state index in [0.717, 1.165) is 32.6 Å². The Balaban J connectivity index is 1.70.